The molecular formula is C25H23Cl2SZr. The molecule has 29 heavy (non-hydrogen) atoms. The average molecular weight is 518 g/mol. The first-order valence-corrected chi connectivity index (χ1v) is 12.7. The fourth-order valence-corrected chi connectivity index (χ4v) is 7.10. The van der Waals surface area contributed by atoms with E-state index in [1.807, 2.05) is 11.8 Å². The maximum atomic E-state index is 2.37. The van der Waals surface area contributed by atoms with Crippen LogP contribution in [0.2, 0.25) is 0 Å². The molecular weight excluding hydrogens is 494 g/mol. The van der Waals surface area contributed by atoms with Gasteiger partial charge in [0.2, 0.25) is 0 Å². The van der Waals surface area contributed by atoms with Crippen molar-refractivity contribution in [3.8, 4) is 0 Å². The van der Waals surface area contributed by atoms with Crippen LogP contribution in [0.1, 0.15) is 25.8 Å². The van der Waals surface area contributed by atoms with E-state index in [2.05, 4.69) is 98.8 Å². The summed E-state index contributed by atoms with van der Waals surface area (Å²) in [7, 11) is 0. The molecule has 5 rings (SSSR count). The normalized spacial score (nSPS) is 17.7. The van der Waals surface area contributed by atoms with Gasteiger partial charge in [0.05, 0.1) is 0 Å². The second-order valence-corrected chi connectivity index (χ2v) is 12.9. The van der Waals surface area contributed by atoms with Crippen LogP contribution in [0.25, 0.3) is 15.7 Å². The summed E-state index contributed by atoms with van der Waals surface area (Å²) in [6.07, 6.45) is 17.0. The Labute approximate surface area is 201 Å². The van der Waals surface area contributed by atoms with E-state index in [1.54, 1.807) is 6.49 Å². The molecule has 0 fully saturated rings. The quantitative estimate of drug-likeness (QED) is 0.576. The molecule has 0 saturated carbocycles. The standard InChI is InChI=1S/C17H12S.C5H5.C3H6.2ClH.Zr/c1-2-5-13-10-15(9-8-12(13)4-1)17-11-14-6-3-7-16(14)18-17;1-2-4-5-3-1;1-3-2;;;/h1-11,14H;1-3H,4H2;1-2H3;2*1H;/q;;;;;+2/p-2. The molecule has 2 aromatic rings. The minimum absolute atomic E-state index is 0. The third-order valence-electron chi connectivity index (χ3n) is 4.68. The predicted molar refractivity (Wildman–Crippen MR) is 118 cm³/mol. The first-order chi connectivity index (χ1) is 13.2. The van der Waals surface area contributed by atoms with E-state index < -0.39 is 0 Å². The van der Waals surface area contributed by atoms with Crippen LogP contribution in [0.4, 0.5) is 0 Å². The van der Waals surface area contributed by atoms with Crippen LogP contribution in [-0.2, 0) is 22.8 Å². The van der Waals surface area contributed by atoms with Gasteiger partial charge in [-0.05, 0) is 22.4 Å². The zero-order valence-corrected chi connectivity index (χ0v) is 21.3. The van der Waals surface area contributed by atoms with E-state index >= 15 is 0 Å². The Balaban J connectivity index is 0.000000236. The monoisotopic (exact) mass is 515 g/mol. The Morgan fingerprint density at radius 1 is 0.966 bits per heavy atom. The summed E-state index contributed by atoms with van der Waals surface area (Å²) in [5.74, 6) is 0.525. The number of benzene rings is 2. The molecule has 2 aromatic carbocycles. The number of thioether (sulfide) groups is 1. The summed E-state index contributed by atoms with van der Waals surface area (Å²) < 4.78 is 3.40. The van der Waals surface area contributed by atoms with Gasteiger partial charge >= 0.3 is 67.7 Å². The van der Waals surface area contributed by atoms with Gasteiger partial charge in [-0.1, -0.05) is 72.5 Å². The molecule has 0 saturated heterocycles. The van der Waals surface area contributed by atoms with Crippen molar-refractivity contribution in [1.82, 2.24) is 0 Å². The van der Waals surface area contributed by atoms with Crippen LogP contribution >= 0.6 is 11.8 Å². The van der Waals surface area contributed by atoms with Crippen molar-refractivity contribution in [3.05, 3.63) is 98.7 Å². The molecule has 0 nitrogen and oxygen atoms in total. The van der Waals surface area contributed by atoms with Gasteiger partial charge in [0, 0.05) is 15.7 Å². The van der Waals surface area contributed by atoms with Crippen molar-refractivity contribution >= 4 is 30.6 Å². The van der Waals surface area contributed by atoms with Gasteiger partial charge in [-0.2, -0.15) is 0 Å². The van der Waals surface area contributed by atoms with Gasteiger partial charge in [0.15, 0.2) is 0 Å². The van der Waals surface area contributed by atoms with Crippen molar-refractivity contribution in [2.75, 3.05) is 0 Å². The van der Waals surface area contributed by atoms with E-state index in [9.17, 15) is 0 Å². The third kappa shape index (κ3) is 6.28. The molecule has 0 bridgehead atoms. The number of halogens is 2. The topological polar surface area (TPSA) is 0 Å². The Bertz CT molecular complexity index is 1050. The zero-order chi connectivity index (χ0) is 18.6. The molecule has 1 atom stereocenters. The molecule has 1 aliphatic heterocycles. The van der Waals surface area contributed by atoms with Gasteiger partial charge in [0.25, 0.3) is 0 Å². The van der Waals surface area contributed by atoms with Gasteiger partial charge in [-0.15, -0.1) is 0 Å². The SMILES string of the molecule is C1=CC2C=C(c3ccc4ccccc4c3)SC2=C1.C[C](C)=[Zr+2][C]1=CC=CC1.[Cl-].[Cl-]. The van der Waals surface area contributed by atoms with Gasteiger partial charge < -0.3 is 24.8 Å². The number of fused-ring (bicyclic) bond motifs is 2. The van der Waals surface area contributed by atoms with E-state index in [1.165, 1.54) is 32.6 Å². The molecule has 1 unspecified atom stereocenters. The number of hydrogen-bond acceptors (Lipinski definition) is 1. The summed E-state index contributed by atoms with van der Waals surface area (Å²) in [6.45, 7) is 4.51. The van der Waals surface area contributed by atoms with Crippen LogP contribution in [0.3, 0.4) is 0 Å². The minimum atomic E-state index is -0.220. The number of rotatable bonds is 2. The molecule has 4 heteroatoms. The van der Waals surface area contributed by atoms with Crippen LogP contribution in [0.15, 0.2) is 93.2 Å². The Kier molecular flexibility index (Phi) is 9.63. The fourth-order valence-electron chi connectivity index (χ4n) is 3.40. The first kappa shape index (κ1) is 24.4. The molecule has 3 aliphatic rings. The van der Waals surface area contributed by atoms with Crippen molar-refractivity contribution in [1.29, 1.82) is 0 Å². The van der Waals surface area contributed by atoms with Gasteiger partial charge in [0.1, 0.15) is 0 Å². The number of allylic oxidation sites excluding steroid dienone is 9. The van der Waals surface area contributed by atoms with Crippen LogP contribution in [0.5, 0.6) is 0 Å². The molecule has 1 heterocycles. The number of hydrogen-bond donors (Lipinski definition) is 0. The molecule has 0 radical (unpaired) electrons. The molecule has 0 amide bonds. The van der Waals surface area contributed by atoms with Crippen molar-refractivity contribution < 1.29 is 47.6 Å². The van der Waals surface area contributed by atoms with E-state index in [4.69, 9.17) is 0 Å². The summed E-state index contributed by atoms with van der Waals surface area (Å²) in [6, 6.07) is 15.3. The summed E-state index contributed by atoms with van der Waals surface area (Å²) in [5.41, 5.74) is 1.34. The van der Waals surface area contributed by atoms with E-state index in [0.29, 0.717) is 5.92 Å². The largest absolute Gasteiger partial charge is 1.00 e. The molecule has 0 spiro atoms. The van der Waals surface area contributed by atoms with E-state index in [-0.39, 0.29) is 47.6 Å². The zero-order valence-electron chi connectivity index (χ0n) is 16.5. The summed E-state index contributed by atoms with van der Waals surface area (Å²) in [5, 5.41) is 2.63. The molecule has 0 N–H and O–H groups in total. The van der Waals surface area contributed by atoms with Gasteiger partial charge in [-0.3, -0.25) is 0 Å². The molecule has 147 valence electrons. The first-order valence-electron chi connectivity index (χ1n) is 9.39. The van der Waals surface area contributed by atoms with Crippen molar-refractivity contribution in [3.63, 3.8) is 0 Å². The van der Waals surface area contributed by atoms with E-state index in [0.717, 1.165) is 0 Å². The fraction of sp³-hybridized carbons (Fsp3) is 0.160. The van der Waals surface area contributed by atoms with Crippen LogP contribution in [0, 0.1) is 5.92 Å². The second kappa shape index (κ2) is 11.5. The third-order valence-corrected chi connectivity index (χ3v) is 8.85. The Hall–Kier alpha value is -0.917. The predicted octanol–water partition coefficient (Wildman–Crippen LogP) is 1.13. The summed E-state index contributed by atoms with van der Waals surface area (Å²) >= 11 is 1.68. The van der Waals surface area contributed by atoms with Crippen LogP contribution in [-0.4, -0.2) is 3.21 Å². The van der Waals surface area contributed by atoms with Gasteiger partial charge in [-0.25, -0.2) is 0 Å². The summed E-state index contributed by atoms with van der Waals surface area (Å²) in [4.78, 5) is 2.85. The maximum absolute atomic E-state index is 2.37. The van der Waals surface area contributed by atoms with Crippen LogP contribution < -0.4 is 24.8 Å². The maximum Gasteiger partial charge on any atom is -1.00 e. The molecule has 2 aliphatic carbocycles. The average Bonchev–Trinajstić information content (AvgIpc) is 3.39. The smallest absolute Gasteiger partial charge is 1.00 e. The Morgan fingerprint density at radius 2 is 1.76 bits per heavy atom. The minimum Gasteiger partial charge on any atom is -1.00 e. The van der Waals surface area contributed by atoms with Crippen molar-refractivity contribution in [2.24, 2.45) is 5.92 Å². The van der Waals surface area contributed by atoms with Crippen molar-refractivity contribution in [2.45, 2.75) is 20.3 Å². The second-order valence-electron chi connectivity index (χ2n) is 7.12. The molecule has 0 aromatic heterocycles. The Morgan fingerprint density at radius 3 is 2.45 bits per heavy atom.